The average Bonchev–Trinajstić information content (AvgIpc) is 2.29. The van der Waals surface area contributed by atoms with Crippen LogP contribution in [0.15, 0.2) is 0 Å². The van der Waals surface area contributed by atoms with Crippen LogP contribution in [0, 0.1) is 5.41 Å². The molecule has 2 unspecified atom stereocenters. The normalized spacial score (nSPS) is 44.2. The molecule has 2 spiro atoms. The third-order valence-electron chi connectivity index (χ3n) is 5.15. The maximum atomic E-state index is 6.34. The topological polar surface area (TPSA) is 9.23 Å². The van der Waals surface area contributed by atoms with Crippen molar-refractivity contribution in [1.82, 2.24) is 0 Å². The fraction of sp³-hybridized carbons (Fsp3) is 1.00. The molecule has 0 aromatic carbocycles. The van der Waals surface area contributed by atoms with Crippen molar-refractivity contribution in [3.63, 3.8) is 0 Å². The largest absolute Gasteiger partial charge is 0.374 e. The highest BCUT2D eigenvalue weighted by Crippen LogP contribution is 2.63. The number of ether oxygens (including phenoxy) is 1. The lowest BCUT2D eigenvalue weighted by Gasteiger charge is -2.63. The van der Waals surface area contributed by atoms with Gasteiger partial charge in [0.25, 0.3) is 0 Å². The minimum Gasteiger partial charge on any atom is -0.374 e. The van der Waals surface area contributed by atoms with Crippen LogP contribution in [0.25, 0.3) is 0 Å². The van der Waals surface area contributed by atoms with Gasteiger partial charge in [-0.15, -0.1) is 11.6 Å². The summed E-state index contributed by atoms with van der Waals surface area (Å²) in [4.78, 5) is 0. The summed E-state index contributed by atoms with van der Waals surface area (Å²) in [6, 6.07) is 0. The van der Waals surface area contributed by atoms with Gasteiger partial charge < -0.3 is 4.74 Å². The number of alkyl halides is 1. The monoisotopic (exact) mass is 228 g/mol. The summed E-state index contributed by atoms with van der Waals surface area (Å²) < 4.78 is 6.18. The third-order valence-corrected chi connectivity index (χ3v) is 5.52. The van der Waals surface area contributed by atoms with E-state index in [2.05, 4.69) is 0 Å². The predicted molar refractivity (Wildman–Crippen MR) is 62.3 cm³/mol. The van der Waals surface area contributed by atoms with Crippen LogP contribution >= 0.6 is 11.6 Å². The second-order valence-corrected chi connectivity index (χ2v) is 6.39. The first-order valence-corrected chi connectivity index (χ1v) is 6.98. The average molecular weight is 229 g/mol. The van der Waals surface area contributed by atoms with Crippen LogP contribution in [0.2, 0.25) is 0 Å². The summed E-state index contributed by atoms with van der Waals surface area (Å²) >= 11 is 6.34. The molecule has 86 valence electrons. The molecule has 3 fully saturated rings. The molecule has 3 rings (SSSR count). The van der Waals surface area contributed by atoms with Gasteiger partial charge in [-0.05, 0) is 43.9 Å². The molecule has 0 amide bonds. The van der Waals surface area contributed by atoms with Gasteiger partial charge in [0.2, 0.25) is 0 Å². The molecular weight excluding hydrogens is 208 g/mol. The molecule has 1 saturated heterocycles. The van der Waals surface area contributed by atoms with Crippen molar-refractivity contribution in [2.45, 2.75) is 68.8 Å². The van der Waals surface area contributed by atoms with Crippen molar-refractivity contribution in [2.75, 3.05) is 6.61 Å². The molecule has 0 radical (unpaired) electrons. The highest BCUT2D eigenvalue weighted by Gasteiger charge is 2.60. The van der Waals surface area contributed by atoms with E-state index in [1.807, 2.05) is 0 Å². The summed E-state index contributed by atoms with van der Waals surface area (Å²) in [5.41, 5.74) is 0.747. The van der Waals surface area contributed by atoms with Gasteiger partial charge in [0.05, 0.1) is 5.60 Å². The lowest BCUT2D eigenvalue weighted by Crippen LogP contribution is -2.62. The SMILES string of the molecule is ClC1CCOC2(CCC23CCCCC3)C1. The molecule has 3 aliphatic rings. The number of hydrogen-bond donors (Lipinski definition) is 0. The van der Waals surface area contributed by atoms with E-state index < -0.39 is 0 Å². The molecular formula is C13H21ClO. The van der Waals surface area contributed by atoms with Crippen LogP contribution in [0.5, 0.6) is 0 Å². The summed E-state index contributed by atoms with van der Waals surface area (Å²) in [6.07, 6.45) is 11.9. The van der Waals surface area contributed by atoms with Crippen molar-refractivity contribution in [3.05, 3.63) is 0 Å². The van der Waals surface area contributed by atoms with Gasteiger partial charge in [-0.1, -0.05) is 19.3 Å². The summed E-state index contributed by atoms with van der Waals surface area (Å²) in [7, 11) is 0. The van der Waals surface area contributed by atoms with E-state index in [0.717, 1.165) is 19.4 Å². The highest BCUT2D eigenvalue weighted by molar-refractivity contribution is 6.20. The Morgan fingerprint density at radius 1 is 1.00 bits per heavy atom. The summed E-state index contributed by atoms with van der Waals surface area (Å²) in [5.74, 6) is 0. The number of hydrogen-bond acceptors (Lipinski definition) is 1. The Morgan fingerprint density at radius 3 is 2.40 bits per heavy atom. The molecule has 2 aliphatic carbocycles. The van der Waals surface area contributed by atoms with Crippen LogP contribution in [-0.2, 0) is 4.74 Å². The molecule has 0 aromatic rings. The molecule has 1 nitrogen and oxygen atoms in total. The summed E-state index contributed by atoms with van der Waals surface area (Å²) in [5, 5.41) is 0.373. The predicted octanol–water partition coefficient (Wildman–Crippen LogP) is 3.89. The Hall–Kier alpha value is 0.250. The fourth-order valence-corrected chi connectivity index (χ4v) is 4.47. The van der Waals surface area contributed by atoms with Crippen LogP contribution < -0.4 is 0 Å². The molecule has 0 N–H and O–H groups in total. The van der Waals surface area contributed by atoms with E-state index >= 15 is 0 Å². The second-order valence-electron chi connectivity index (χ2n) is 5.77. The smallest absolute Gasteiger partial charge is 0.0752 e. The Balaban J connectivity index is 1.79. The standard InChI is InChI=1S/C13H21ClO/c14-11-4-9-15-13(10-11)8-7-12(13)5-2-1-3-6-12/h11H,1-10H2. The van der Waals surface area contributed by atoms with Crippen LogP contribution in [0.1, 0.15) is 57.8 Å². The molecule has 0 bridgehead atoms. The van der Waals surface area contributed by atoms with Crippen molar-refractivity contribution in [3.8, 4) is 0 Å². The Labute approximate surface area is 97.5 Å². The zero-order valence-electron chi connectivity index (χ0n) is 9.43. The van der Waals surface area contributed by atoms with Crippen molar-refractivity contribution in [2.24, 2.45) is 5.41 Å². The van der Waals surface area contributed by atoms with Crippen molar-refractivity contribution < 1.29 is 4.74 Å². The first-order valence-electron chi connectivity index (χ1n) is 6.55. The first-order chi connectivity index (χ1) is 7.27. The maximum absolute atomic E-state index is 6.34. The van der Waals surface area contributed by atoms with Crippen LogP contribution in [-0.4, -0.2) is 17.6 Å². The number of halogens is 1. The van der Waals surface area contributed by atoms with Crippen LogP contribution in [0.4, 0.5) is 0 Å². The van der Waals surface area contributed by atoms with Gasteiger partial charge in [-0.3, -0.25) is 0 Å². The fourth-order valence-electron chi connectivity index (χ4n) is 4.14. The lowest BCUT2D eigenvalue weighted by atomic mass is 9.49. The molecule has 2 saturated carbocycles. The first kappa shape index (κ1) is 10.4. The zero-order valence-corrected chi connectivity index (χ0v) is 10.2. The van der Waals surface area contributed by atoms with Gasteiger partial charge in [0.15, 0.2) is 0 Å². The third kappa shape index (κ3) is 1.46. The van der Waals surface area contributed by atoms with E-state index in [-0.39, 0.29) is 5.60 Å². The van der Waals surface area contributed by atoms with E-state index in [9.17, 15) is 0 Å². The van der Waals surface area contributed by atoms with Crippen molar-refractivity contribution >= 4 is 11.6 Å². The van der Waals surface area contributed by atoms with Gasteiger partial charge in [-0.2, -0.15) is 0 Å². The summed E-state index contributed by atoms with van der Waals surface area (Å²) in [6.45, 7) is 0.899. The molecule has 1 aliphatic heterocycles. The van der Waals surface area contributed by atoms with E-state index in [4.69, 9.17) is 16.3 Å². The zero-order chi connectivity index (χ0) is 10.4. The van der Waals surface area contributed by atoms with E-state index in [1.54, 1.807) is 0 Å². The molecule has 1 heterocycles. The Kier molecular flexibility index (Phi) is 2.52. The Bertz CT molecular complexity index is 247. The minimum atomic E-state index is 0.206. The van der Waals surface area contributed by atoms with E-state index in [1.165, 1.54) is 44.9 Å². The second kappa shape index (κ2) is 3.63. The number of rotatable bonds is 0. The van der Waals surface area contributed by atoms with Gasteiger partial charge in [-0.25, -0.2) is 0 Å². The van der Waals surface area contributed by atoms with Crippen LogP contribution in [0.3, 0.4) is 0 Å². The van der Waals surface area contributed by atoms with Crippen molar-refractivity contribution in [1.29, 1.82) is 0 Å². The van der Waals surface area contributed by atoms with Gasteiger partial charge in [0.1, 0.15) is 0 Å². The Morgan fingerprint density at radius 2 is 1.80 bits per heavy atom. The molecule has 0 aromatic heterocycles. The molecule has 2 atom stereocenters. The lowest BCUT2D eigenvalue weighted by molar-refractivity contribution is -0.234. The highest BCUT2D eigenvalue weighted by atomic mass is 35.5. The minimum absolute atomic E-state index is 0.206. The molecule has 2 heteroatoms. The maximum Gasteiger partial charge on any atom is 0.0752 e. The quantitative estimate of drug-likeness (QED) is 0.572. The van der Waals surface area contributed by atoms with Gasteiger partial charge in [0, 0.05) is 12.0 Å². The number of fused-ring (bicyclic) bond motifs is 1. The molecule has 15 heavy (non-hydrogen) atoms. The van der Waals surface area contributed by atoms with Gasteiger partial charge >= 0.3 is 0 Å². The van der Waals surface area contributed by atoms with E-state index in [0.29, 0.717) is 10.8 Å².